The van der Waals surface area contributed by atoms with E-state index in [0.717, 1.165) is 0 Å². The normalized spacial score (nSPS) is 7.89. The zero-order valence-corrected chi connectivity index (χ0v) is 12.3. The summed E-state index contributed by atoms with van der Waals surface area (Å²) in [7, 11) is 0. The van der Waals surface area contributed by atoms with Gasteiger partial charge in [-0.05, 0) is 0 Å². The zero-order chi connectivity index (χ0) is 13.3. The topological polar surface area (TPSA) is 31.5 Å². The minimum atomic E-state index is 0. The molecule has 0 saturated heterocycles. The van der Waals surface area contributed by atoms with E-state index in [2.05, 4.69) is 13.8 Å². The van der Waals surface area contributed by atoms with E-state index in [4.69, 9.17) is 0 Å². The van der Waals surface area contributed by atoms with E-state index in [-0.39, 0.29) is 5.48 Å². The Morgan fingerprint density at radius 3 is 0.684 bits per heavy atom. The molecule has 2 aromatic carbocycles. The first-order valence-corrected chi connectivity index (χ1v) is 6.91. The molecule has 1 nitrogen and oxygen atoms in total. The Morgan fingerprint density at radius 1 is 0.421 bits per heavy atom. The van der Waals surface area contributed by atoms with Gasteiger partial charge in [-0.25, -0.2) is 0 Å². The Morgan fingerprint density at radius 2 is 0.579 bits per heavy atom. The lowest BCUT2D eigenvalue weighted by Gasteiger charge is -1.86. The molecule has 0 atom stereocenters. The minimum absolute atomic E-state index is 0. The van der Waals surface area contributed by atoms with E-state index in [1.54, 1.807) is 0 Å². The molecule has 0 bridgehead atoms. The fourth-order valence-electron chi connectivity index (χ4n) is 1.27. The Hall–Kier alpha value is -1.60. The van der Waals surface area contributed by atoms with Crippen molar-refractivity contribution in [3.05, 3.63) is 72.8 Å². The first-order valence-electron chi connectivity index (χ1n) is 6.91. The van der Waals surface area contributed by atoms with Gasteiger partial charge in [-0.15, -0.1) is 0 Å². The van der Waals surface area contributed by atoms with E-state index in [9.17, 15) is 0 Å². The van der Waals surface area contributed by atoms with Gasteiger partial charge in [0.05, 0.1) is 0 Å². The highest BCUT2D eigenvalue weighted by Crippen LogP contribution is 1.95. The number of unbranched alkanes of at least 4 members (excludes halogenated alkanes) is 3. The average molecular weight is 260 g/mol. The second kappa shape index (κ2) is 18.8. The summed E-state index contributed by atoms with van der Waals surface area (Å²) in [6.07, 6.45) is 5.54. The molecule has 0 fully saturated rings. The highest BCUT2D eigenvalue weighted by molar-refractivity contribution is 4.99. The van der Waals surface area contributed by atoms with Crippen molar-refractivity contribution in [2.75, 3.05) is 0 Å². The van der Waals surface area contributed by atoms with Crippen molar-refractivity contribution in [3.8, 4) is 0 Å². The smallest absolute Gasteiger partial charge is 0.0536 e. The summed E-state index contributed by atoms with van der Waals surface area (Å²) in [5.41, 5.74) is 0. The molecular weight excluding hydrogens is 232 g/mol. The van der Waals surface area contributed by atoms with Crippen LogP contribution in [0.15, 0.2) is 72.8 Å². The van der Waals surface area contributed by atoms with Gasteiger partial charge in [0.2, 0.25) is 0 Å². The molecular formula is C18H28O. The monoisotopic (exact) mass is 260 g/mol. The molecule has 0 saturated carbocycles. The molecule has 0 aliphatic rings. The fraction of sp³-hybridized carbons (Fsp3) is 0.333. The highest BCUT2D eigenvalue weighted by Gasteiger charge is 1.75. The fourth-order valence-corrected chi connectivity index (χ4v) is 1.27. The van der Waals surface area contributed by atoms with Crippen molar-refractivity contribution in [1.29, 1.82) is 0 Å². The summed E-state index contributed by atoms with van der Waals surface area (Å²) in [4.78, 5) is 0. The summed E-state index contributed by atoms with van der Waals surface area (Å²) in [5, 5.41) is 0. The third-order valence-electron chi connectivity index (χ3n) is 2.29. The van der Waals surface area contributed by atoms with E-state index in [0.29, 0.717) is 0 Å². The summed E-state index contributed by atoms with van der Waals surface area (Å²) >= 11 is 0. The van der Waals surface area contributed by atoms with Crippen molar-refractivity contribution in [3.63, 3.8) is 0 Å². The van der Waals surface area contributed by atoms with Crippen LogP contribution in [-0.4, -0.2) is 5.48 Å². The van der Waals surface area contributed by atoms with Crippen molar-refractivity contribution >= 4 is 0 Å². The SMILES string of the molecule is CCCCCC.O.c1ccccc1.c1ccccc1. The van der Waals surface area contributed by atoms with Gasteiger partial charge in [0.25, 0.3) is 0 Å². The van der Waals surface area contributed by atoms with Crippen molar-refractivity contribution in [2.45, 2.75) is 39.5 Å². The molecule has 0 spiro atoms. The molecule has 2 aromatic rings. The van der Waals surface area contributed by atoms with Gasteiger partial charge in [-0.1, -0.05) is 112 Å². The molecule has 0 heterocycles. The Balaban J connectivity index is 0. The summed E-state index contributed by atoms with van der Waals surface area (Å²) in [6, 6.07) is 24.0. The Bertz CT molecular complexity index is 229. The predicted molar refractivity (Wildman–Crippen MR) is 86.3 cm³/mol. The van der Waals surface area contributed by atoms with Gasteiger partial charge < -0.3 is 5.48 Å². The first-order chi connectivity index (χ1) is 8.91. The number of benzene rings is 2. The van der Waals surface area contributed by atoms with Crippen LogP contribution in [0.1, 0.15) is 39.5 Å². The summed E-state index contributed by atoms with van der Waals surface area (Å²) in [6.45, 7) is 4.46. The van der Waals surface area contributed by atoms with Crippen molar-refractivity contribution < 1.29 is 5.48 Å². The number of hydrogen-bond acceptors (Lipinski definition) is 0. The van der Waals surface area contributed by atoms with Crippen LogP contribution in [0, 0.1) is 0 Å². The molecule has 2 N–H and O–H groups in total. The lowest BCUT2D eigenvalue weighted by molar-refractivity contribution is 0.702. The van der Waals surface area contributed by atoms with Gasteiger partial charge in [-0.3, -0.25) is 0 Å². The second-order valence-corrected chi connectivity index (χ2v) is 4.02. The lowest BCUT2D eigenvalue weighted by atomic mass is 10.2. The molecule has 0 amide bonds. The maximum absolute atomic E-state index is 2.23. The largest absolute Gasteiger partial charge is 0.412 e. The summed E-state index contributed by atoms with van der Waals surface area (Å²) < 4.78 is 0. The van der Waals surface area contributed by atoms with E-state index < -0.39 is 0 Å². The zero-order valence-electron chi connectivity index (χ0n) is 12.3. The van der Waals surface area contributed by atoms with Gasteiger partial charge in [0.15, 0.2) is 0 Å². The van der Waals surface area contributed by atoms with Crippen LogP contribution in [-0.2, 0) is 0 Å². The van der Waals surface area contributed by atoms with Crippen LogP contribution in [0.3, 0.4) is 0 Å². The highest BCUT2D eigenvalue weighted by atomic mass is 16.0. The lowest BCUT2D eigenvalue weighted by Crippen LogP contribution is -1.66. The average Bonchev–Trinajstić information content (AvgIpc) is 2.50. The quantitative estimate of drug-likeness (QED) is 0.685. The third-order valence-corrected chi connectivity index (χ3v) is 2.29. The van der Waals surface area contributed by atoms with Gasteiger partial charge in [0, 0.05) is 0 Å². The predicted octanol–water partition coefficient (Wildman–Crippen LogP) is 5.14. The molecule has 106 valence electrons. The van der Waals surface area contributed by atoms with Crippen LogP contribution < -0.4 is 0 Å². The molecule has 0 aromatic heterocycles. The van der Waals surface area contributed by atoms with E-state index in [1.807, 2.05) is 72.8 Å². The van der Waals surface area contributed by atoms with Gasteiger partial charge in [0.1, 0.15) is 0 Å². The van der Waals surface area contributed by atoms with Crippen LogP contribution in [0.4, 0.5) is 0 Å². The minimum Gasteiger partial charge on any atom is -0.412 e. The molecule has 0 radical (unpaired) electrons. The van der Waals surface area contributed by atoms with E-state index >= 15 is 0 Å². The molecule has 0 unspecified atom stereocenters. The van der Waals surface area contributed by atoms with Crippen LogP contribution >= 0.6 is 0 Å². The molecule has 2 rings (SSSR count). The maximum Gasteiger partial charge on any atom is -0.0536 e. The number of rotatable bonds is 3. The van der Waals surface area contributed by atoms with E-state index in [1.165, 1.54) is 25.7 Å². The van der Waals surface area contributed by atoms with Gasteiger partial charge in [-0.2, -0.15) is 0 Å². The first kappa shape index (κ1) is 19.7. The van der Waals surface area contributed by atoms with Crippen LogP contribution in [0.5, 0.6) is 0 Å². The Labute approximate surface area is 118 Å². The number of hydrogen-bond donors (Lipinski definition) is 0. The Kier molecular flexibility index (Phi) is 19.5. The molecule has 19 heavy (non-hydrogen) atoms. The van der Waals surface area contributed by atoms with Crippen molar-refractivity contribution in [1.82, 2.24) is 0 Å². The molecule has 1 heteroatoms. The standard InChI is InChI=1S/2C6H6.C6H14.H2O/c2*1-2-4-6-5-3-1;1-3-5-6-4-2;/h2*1-6H;3-6H2,1-2H3;1H2. The van der Waals surface area contributed by atoms with Crippen LogP contribution in [0.2, 0.25) is 0 Å². The molecule has 0 aliphatic heterocycles. The second-order valence-electron chi connectivity index (χ2n) is 4.02. The van der Waals surface area contributed by atoms with Crippen LogP contribution in [0.25, 0.3) is 0 Å². The molecule has 0 aliphatic carbocycles. The summed E-state index contributed by atoms with van der Waals surface area (Å²) in [5.74, 6) is 0. The van der Waals surface area contributed by atoms with Gasteiger partial charge >= 0.3 is 0 Å². The maximum atomic E-state index is 2.23. The third kappa shape index (κ3) is 18.9. The van der Waals surface area contributed by atoms with Crippen molar-refractivity contribution in [2.24, 2.45) is 0 Å².